The van der Waals surface area contributed by atoms with Gasteiger partial charge in [-0.25, -0.2) is 4.39 Å². The van der Waals surface area contributed by atoms with Crippen molar-refractivity contribution in [2.45, 2.75) is 78.3 Å². The first-order valence-electron chi connectivity index (χ1n) is 8.16. The Morgan fingerprint density at radius 3 is 2.00 bits per heavy atom. The van der Waals surface area contributed by atoms with Gasteiger partial charge in [-0.2, -0.15) is 0 Å². The predicted octanol–water partition coefficient (Wildman–Crippen LogP) is 5.61. The Morgan fingerprint density at radius 2 is 1.39 bits per heavy atom. The Labute approximate surface area is 113 Å². The molecule has 0 heterocycles. The minimum Gasteiger partial charge on any atom is -0.243 e. The van der Waals surface area contributed by atoms with Crippen molar-refractivity contribution >= 4 is 0 Å². The summed E-state index contributed by atoms with van der Waals surface area (Å²) in [6.45, 7) is 8.36. The zero-order valence-corrected chi connectivity index (χ0v) is 12.7. The van der Waals surface area contributed by atoms with Crippen LogP contribution in [0, 0.1) is 29.6 Å². The van der Waals surface area contributed by atoms with Gasteiger partial charge in [0.1, 0.15) is 5.67 Å². The predicted molar refractivity (Wildman–Crippen MR) is 76.3 cm³/mol. The molecule has 2 fully saturated rings. The first kappa shape index (κ1) is 14.3. The van der Waals surface area contributed by atoms with Crippen molar-refractivity contribution in [3.05, 3.63) is 0 Å². The fraction of sp³-hybridized carbons (Fsp3) is 1.00. The number of fused-ring (bicyclic) bond motifs is 1. The summed E-state index contributed by atoms with van der Waals surface area (Å²) in [5, 5.41) is 0. The number of hydrogen-bond acceptors (Lipinski definition) is 0. The largest absolute Gasteiger partial charge is 0.243 e. The summed E-state index contributed by atoms with van der Waals surface area (Å²) in [5.41, 5.74) is -0.944. The fourth-order valence-electron chi connectivity index (χ4n) is 5.01. The molecule has 2 aliphatic rings. The SMILES string of the molecule is CC(C)C(F)(C(C)C)C1CCCC2CCCCC21. The molecule has 0 bridgehead atoms. The van der Waals surface area contributed by atoms with Crippen LogP contribution in [0.3, 0.4) is 0 Å². The molecule has 1 heteroatoms. The van der Waals surface area contributed by atoms with Gasteiger partial charge in [0.15, 0.2) is 0 Å². The van der Waals surface area contributed by atoms with E-state index in [9.17, 15) is 0 Å². The van der Waals surface area contributed by atoms with E-state index < -0.39 is 5.67 Å². The van der Waals surface area contributed by atoms with Crippen molar-refractivity contribution in [3.63, 3.8) is 0 Å². The quantitative estimate of drug-likeness (QED) is 0.614. The van der Waals surface area contributed by atoms with Crippen LogP contribution in [0.5, 0.6) is 0 Å². The third kappa shape index (κ3) is 2.34. The molecule has 2 aliphatic carbocycles. The van der Waals surface area contributed by atoms with Crippen molar-refractivity contribution in [1.82, 2.24) is 0 Å². The van der Waals surface area contributed by atoms with Crippen LogP contribution >= 0.6 is 0 Å². The summed E-state index contributed by atoms with van der Waals surface area (Å²) in [6.07, 6.45) is 9.15. The summed E-state index contributed by atoms with van der Waals surface area (Å²) in [6, 6.07) is 0. The molecule has 0 aromatic rings. The van der Waals surface area contributed by atoms with Crippen LogP contribution in [0.1, 0.15) is 72.6 Å². The highest BCUT2D eigenvalue weighted by molar-refractivity contribution is 4.99. The van der Waals surface area contributed by atoms with Crippen molar-refractivity contribution in [2.24, 2.45) is 29.6 Å². The van der Waals surface area contributed by atoms with Gasteiger partial charge < -0.3 is 0 Å². The summed E-state index contributed by atoms with van der Waals surface area (Å²) in [5.74, 6) is 2.16. The van der Waals surface area contributed by atoms with Crippen LogP contribution in [0.15, 0.2) is 0 Å². The summed E-state index contributed by atoms with van der Waals surface area (Å²) in [4.78, 5) is 0. The van der Waals surface area contributed by atoms with Crippen LogP contribution in [-0.4, -0.2) is 5.67 Å². The van der Waals surface area contributed by atoms with E-state index in [-0.39, 0.29) is 11.8 Å². The molecule has 18 heavy (non-hydrogen) atoms. The van der Waals surface area contributed by atoms with E-state index in [2.05, 4.69) is 27.7 Å². The van der Waals surface area contributed by atoms with Crippen LogP contribution in [0.2, 0.25) is 0 Å². The second-order valence-corrected chi connectivity index (χ2v) is 7.38. The molecule has 2 saturated carbocycles. The third-order valence-electron chi connectivity index (χ3n) is 5.91. The zero-order chi connectivity index (χ0) is 13.3. The maximum absolute atomic E-state index is 15.7. The zero-order valence-electron chi connectivity index (χ0n) is 12.7. The highest BCUT2D eigenvalue weighted by Crippen LogP contribution is 2.52. The van der Waals surface area contributed by atoms with E-state index >= 15 is 4.39 Å². The molecule has 3 atom stereocenters. The summed E-state index contributed by atoms with van der Waals surface area (Å²) in [7, 11) is 0. The Kier molecular flexibility index (Phi) is 4.39. The molecule has 0 radical (unpaired) electrons. The van der Waals surface area contributed by atoms with Crippen LogP contribution in [0.25, 0.3) is 0 Å². The molecule has 0 aromatic carbocycles. The number of rotatable bonds is 3. The lowest BCUT2D eigenvalue weighted by molar-refractivity contribution is -0.0794. The average molecular weight is 254 g/mol. The van der Waals surface area contributed by atoms with E-state index in [0.717, 1.165) is 12.3 Å². The molecule has 0 nitrogen and oxygen atoms in total. The first-order chi connectivity index (χ1) is 8.48. The minimum absolute atomic E-state index is 0.156. The van der Waals surface area contributed by atoms with Crippen LogP contribution < -0.4 is 0 Å². The van der Waals surface area contributed by atoms with E-state index in [4.69, 9.17) is 0 Å². The molecular formula is C17H31F. The standard InChI is InChI=1S/C17H31F/c1-12(2)17(18,13(3)4)16-11-7-9-14-8-5-6-10-15(14)16/h12-16H,5-11H2,1-4H3. The second-order valence-electron chi connectivity index (χ2n) is 7.38. The van der Waals surface area contributed by atoms with Crippen LogP contribution in [-0.2, 0) is 0 Å². The molecule has 0 aromatic heterocycles. The van der Waals surface area contributed by atoms with Gasteiger partial charge >= 0.3 is 0 Å². The van der Waals surface area contributed by atoms with E-state index in [1.807, 2.05) is 0 Å². The maximum Gasteiger partial charge on any atom is 0.118 e. The molecule has 0 saturated heterocycles. The maximum atomic E-state index is 15.7. The monoisotopic (exact) mass is 254 g/mol. The van der Waals surface area contributed by atoms with Gasteiger partial charge in [0.2, 0.25) is 0 Å². The number of alkyl halides is 1. The minimum atomic E-state index is -0.944. The van der Waals surface area contributed by atoms with E-state index in [0.29, 0.717) is 11.8 Å². The highest BCUT2D eigenvalue weighted by Gasteiger charge is 2.50. The van der Waals surface area contributed by atoms with Gasteiger partial charge in [0.05, 0.1) is 0 Å². The lowest BCUT2D eigenvalue weighted by atomic mass is 9.57. The topological polar surface area (TPSA) is 0 Å². The van der Waals surface area contributed by atoms with E-state index in [1.165, 1.54) is 38.5 Å². The molecule has 0 spiro atoms. The Bertz CT molecular complexity index is 259. The Balaban J connectivity index is 2.23. The molecule has 2 rings (SSSR count). The molecular weight excluding hydrogens is 223 g/mol. The van der Waals surface area contributed by atoms with Crippen molar-refractivity contribution in [3.8, 4) is 0 Å². The lowest BCUT2D eigenvalue weighted by Gasteiger charge is -2.50. The van der Waals surface area contributed by atoms with Crippen molar-refractivity contribution in [1.29, 1.82) is 0 Å². The molecule has 0 aliphatic heterocycles. The summed E-state index contributed by atoms with van der Waals surface area (Å²) < 4.78 is 15.7. The van der Waals surface area contributed by atoms with E-state index in [1.54, 1.807) is 0 Å². The fourth-order valence-corrected chi connectivity index (χ4v) is 5.01. The molecule has 106 valence electrons. The average Bonchev–Trinajstić information content (AvgIpc) is 2.36. The number of hydrogen-bond donors (Lipinski definition) is 0. The third-order valence-corrected chi connectivity index (χ3v) is 5.91. The molecule has 0 amide bonds. The highest BCUT2D eigenvalue weighted by atomic mass is 19.1. The lowest BCUT2D eigenvalue weighted by Crippen LogP contribution is -2.50. The van der Waals surface area contributed by atoms with Gasteiger partial charge in [-0.15, -0.1) is 0 Å². The van der Waals surface area contributed by atoms with Crippen LogP contribution in [0.4, 0.5) is 4.39 Å². The van der Waals surface area contributed by atoms with Gasteiger partial charge in [0, 0.05) is 0 Å². The van der Waals surface area contributed by atoms with Gasteiger partial charge in [-0.05, 0) is 42.4 Å². The number of halogens is 1. The van der Waals surface area contributed by atoms with Gasteiger partial charge in [0.25, 0.3) is 0 Å². The Morgan fingerprint density at radius 1 is 0.833 bits per heavy atom. The molecule has 3 unspecified atom stereocenters. The normalized spacial score (nSPS) is 33.8. The van der Waals surface area contributed by atoms with Crippen molar-refractivity contribution < 1.29 is 4.39 Å². The molecule has 0 N–H and O–H groups in total. The Hall–Kier alpha value is -0.0700. The summed E-state index contributed by atoms with van der Waals surface area (Å²) >= 11 is 0. The van der Waals surface area contributed by atoms with Gasteiger partial charge in [-0.3, -0.25) is 0 Å². The smallest absolute Gasteiger partial charge is 0.118 e. The van der Waals surface area contributed by atoms with Crippen molar-refractivity contribution in [2.75, 3.05) is 0 Å². The first-order valence-corrected chi connectivity index (χ1v) is 8.16. The second kappa shape index (κ2) is 5.51. The van der Waals surface area contributed by atoms with Gasteiger partial charge in [-0.1, -0.05) is 59.8 Å².